The Labute approximate surface area is 129 Å². The van der Waals surface area contributed by atoms with E-state index in [0.29, 0.717) is 18.5 Å². The molecule has 3 nitrogen and oxygen atoms in total. The van der Waals surface area contributed by atoms with E-state index in [1.165, 1.54) is 18.2 Å². The lowest BCUT2D eigenvalue weighted by Crippen LogP contribution is -2.47. The Morgan fingerprint density at radius 1 is 1.09 bits per heavy atom. The van der Waals surface area contributed by atoms with Crippen molar-refractivity contribution < 1.29 is 13.6 Å². The molecule has 2 fully saturated rings. The van der Waals surface area contributed by atoms with E-state index in [2.05, 4.69) is 5.32 Å². The van der Waals surface area contributed by atoms with Crippen LogP contribution in [0.15, 0.2) is 18.2 Å². The van der Waals surface area contributed by atoms with Crippen LogP contribution >= 0.6 is 0 Å². The predicted octanol–water partition coefficient (Wildman–Crippen LogP) is 2.50. The highest BCUT2D eigenvalue weighted by Gasteiger charge is 2.36. The standard InChI is InChI=1S/C17H22F2N2O/c18-14-2-1-3-15(19)13(14)12-16(22)21-10-6-17(7-11-21)4-8-20-9-5-17/h1-3,20H,4-12H2. The third kappa shape index (κ3) is 3.14. The first-order valence-electron chi connectivity index (χ1n) is 8.01. The summed E-state index contributed by atoms with van der Waals surface area (Å²) in [7, 11) is 0. The van der Waals surface area contributed by atoms with Gasteiger partial charge in [0, 0.05) is 18.7 Å². The van der Waals surface area contributed by atoms with Crippen molar-refractivity contribution in [3.05, 3.63) is 35.4 Å². The molecule has 0 saturated carbocycles. The van der Waals surface area contributed by atoms with E-state index in [-0.39, 0.29) is 17.9 Å². The fraction of sp³-hybridized carbons (Fsp3) is 0.588. The third-order valence-corrected chi connectivity index (χ3v) is 5.23. The summed E-state index contributed by atoms with van der Waals surface area (Å²) in [4.78, 5) is 14.1. The summed E-state index contributed by atoms with van der Waals surface area (Å²) in [6, 6.07) is 3.72. The van der Waals surface area contributed by atoms with Gasteiger partial charge in [0.05, 0.1) is 6.42 Å². The van der Waals surface area contributed by atoms with Crippen LogP contribution in [0.25, 0.3) is 0 Å². The fourth-order valence-electron chi connectivity index (χ4n) is 3.65. The summed E-state index contributed by atoms with van der Waals surface area (Å²) in [6.07, 6.45) is 4.14. The van der Waals surface area contributed by atoms with Gasteiger partial charge in [0.25, 0.3) is 0 Å². The van der Waals surface area contributed by atoms with E-state index < -0.39 is 11.6 Å². The number of halogens is 2. The monoisotopic (exact) mass is 308 g/mol. The Morgan fingerprint density at radius 2 is 1.68 bits per heavy atom. The maximum Gasteiger partial charge on any atom is 0.227 e. The van der Waals surface area contributed by atoms with E-state index in [0.717, 1.165) is 38.8 Å². The molecule has 2 aliphatic rings. The molecule has 1 aromatic carbocycles. The zero-order valence-electron chi connectivity index (χ0n) is 12.7. The predicted molar refractivity (Wildman–Crippen MR) is 80.4 cm³/mol. The Morgan fingerprint density at radius 3 is 2.27 bits per heavy atom. The van der Waals surface area contributed by atoms with Gasteiger partial charge in [-0.05, 0) is 56.3 Å². The number of piperidine rings is 2. The van der Waals surface area contributed by atoms with Crippen LogP contribution in [-0.2, 0) is 11.2 Å². The molecule has 120 valence electrons. The van der Waals surface area contributed by atoms with Gasteiger partial charge in [-0.2, -0.15) is 0 Å². The Kier molecular flexibility index (Phi) is 4.43. The van der Waals surface area contributed by atoms with E-state index in [4.69, 9.17) is 0 Å². The molecule has 0 atom stereocenters. The molecule has 0 radical (unpaired) electrons. The van der Waals surface area contributed by atoms with Gasteiger partial charge >= 0.3 is 0 Å². The van der Waals surface area contributed by atoms with Gasteiger partial charge in [-0.15, -0.1) is 0 Å². The molecule has 0 bridgehead atoms. The number of rotatable bonds is 2. The van der Waals surface area contributed by atoms with Gasteiger partial charge in [-0.1, -0.05) is 6.07 Å². The van der Waals surface area contributed by atoms with Crippen molar-refractivity contribution in [2.45, 2.75) is 32.1 Å². The lowest BCUT2D eigenvalue weighted by atomic mass is 9.71. The molecular formula is C17H22F2N2O. The zero-order chi connectivity index (χ0) is 15.6. The third-order valence-electron chi connectivity index (χ3n) is 5.23. The van der Waals surface area contributed by atoms with Crippen molar-refractivity contribution >= 4 is 5.91 Å². The molecule has 5 heteroatoms. The second kappa shape index (κ2) is 6.32. The van der Waals surface area contributed by atoms with Gasteiger partial charge < -0.3 is 10.2 Å². The van der Waals surface area contributed by atoms with Crippen LogP contribution in [0.4, 0.5) is 8.78 Å². The van der Waals surface area contributed by atoms with Crippen molar-refractivity contribution in [2.24, 2.45) is 5.41 Å². The van der Waals surface area contributed by atoms with E-state index >= 15 is 0 Å². The number of hydrogen-bond donors (Lipinski definition) is 1. The quantitative estimate of drug-likeness (QED) is 0.910. The molecule has 1 N–H and O–H groups in total. The number of carbonyl (C=O) groups excluding carboxylic acids is 1. The Hall–Kier alpha value is -1.49. The molecule has 3 rings (SSSR count). The topological polar surface area (TPSA) is 32.3 Å². The molecule has 0 unspecified atom stereocenters. The van der Waals surface area contributed by atoms with E-state index in [1.54, 1.807) is 4.90 Å². The van der Waals surface area contributed by atoms with Crippen LogP contribution in [0.1, 0.15) is 31.2 Å². The highest BCUT2D eigenvalue weighted by Crippen LogP contribution is 2.39. The van der Waals surface area contributed by atoms with Gasteiger partial charge in [0.1, 0.15) is 11.6 Å². The van der Waals surface area contributed by atoms with Crippen molar-refractivity contribution in [2.75, 3.05) is 26.2 Å². The largest absolute Gasteiger partial charge is 0.342 e. The number of likely N-dealkylation sites (tertiary alicyclic amines) is 1. The molecule has 2 heterocycles. The highest BCUT2D eigenvalue weighted by molar-refractivity contribution is 5.79. The average Bonchev–Trinajstić information content (AvgIpc) is 2.52. The van der Waals surface area contributed by atoms with Gasteiger partial charge in [-0.25, -0.2) is 8.78 Å². The summed E-state index contributed by atoms with van der Waals surface area (Å²) in [6.45, 7) is 3.51. The molecule has 1 amide bonds. The minimum absolute atomic E-state index is 0.116. The Balaban J connectivity index is 1.60. The van der Waals surface area contributed by atoms with Crippen LogP contribution in [0, 0.1) is 17.0 Å². The van der Waals surface area contributed by atoms with Crippen molar-refractivity contribution in [3.63, 3.8) is 0 Å². The number of hydrogen-bond acceptors (Lipinski definition) is 2. The highest BCUT2D eigenvalue weighted by atomic mass is 19.1. The van der Waals surface area contributed by atoms with Crippen LogP contribution in [0.5, 0.6) is 0 Å². The summed E-state index contributed by atoms with van der Waals surface area (Å²) in [5.41, 5.74) is 0.250. The van der Waals surface area contributed by atoms with E-state index in [1.807, 2.05) is 0 Å². The number of carbonyl (C=O) groups is 1. The normalized spacial score (nSPS) is 21.1. The molecule has 0 aliphatic carbocycles. The first kappa shape index (κ1) is 15.4. The molecule has 0 aromatic heterocycles. The maximum absolute atomic E-state index is 13.6. The minimum atomic E-state index is -0.639. The zero-order valence-corrected chi connectivity index (χ0v) is 12.7. The first-order chi connectivity index (χ1) is 10.6. The molecule has 2 saturated heterocycles. The molecular weight excluding hydrogens is 286 g/mol. The van der Waals surface area contributed by atoms with Gasteiger partial charge in [0.2, 0.25) is 5.91 Å². The fourth-order valence-corrected chi connectivity index (χ4v) is 3.65. The lowest BCUT2D eigenvalue weighted by molar-refractivity contribution is -0.133. The second-order valence-corrected chi connectivity index (χ2v) is 6.51. The number of benzene rings is 1. The smallest absolute Gasteiger partial charge is 0.227 e. The SMILES string of the molecule is O=C(Cc1c(F)cccc1F)N1CCC2(CCNCC2)CC1. The van der Waals surface area contributed by atoms with Crippen molar-refractivity contribution in [1.29, 1.82) is 0 Å². The lowest BCUT2D eigenvalue weighted by Gasteiger charge is -2.44. The van der Waals surface area contributed by atoms with Gasteiger partial charge in [-0.3, -0.25) is 4.79 Å². The summed E-state index contributed by atoms with van der Waals surface area (Å²) < 4.78 is 27.3. The molecule has 22 heavy (non-hydrogen) atoms. The van der Waals surface area contributed by atoms with Crippen LogP contribution in [-0.4, -0.2) is 37.0 Å². The van der Waals surface area contributed by atoms with E-state index in [9.17, 15) is 13.6 Å². The minimum Gasteiger partial charge on any atom is -0.342 e. The summed E-state index contributed by atoms with van der Waals surface area (Å²) in [5, 5.41) is 3.37. The number of nitrogens with one attached hydrogen (secondary N) is 1. The van der Waals surface area contributed by atoms with Crippen molar-refractivity contribution in [1.82, 2.24) is 10.2 Å². The Bertz CT molecular complexity index is 525. The number of amides is 1. The van der Waals surface area contributed by atoms with Crippen LogP contribution < -0.4 is 5.32 Å². The van der Waals surface area contributed by atoms with Crippen molar-refractivity contribution in [3.8, 4) is 0 Å². The number of nitrogens with zero attached hydrogens (tertiary/aromatic N) is 1. The molecule has 2 aliphatic heterocycles. The second-order valence-electron chi connectivity index (χ2n) is 6.51. The summed E-state index contributed by atoms with van der Waals surface area (Å²) >= 11 is 0. The average molecular weight is 308 g/mol. The maximum atomic E-state index is 13.6. The molecule has 1 spiro atoms. The van der Waals surface area contributed by atoms with Crippen LogP contribution in [0.2, 0.25) is 0 Å². The van der Waals surface area contributed by atoms with Gasteiger partial charge in [0.15, 0.2) is 0 Å². The summed E-state index contributed by atoms with van der Waals surface area (Å²) in [5.74, 6) is -1.45. The first-order valence-corrected chi connectivity index (χ1v) is 8.01. The molecule has 1 aromatic rings. The van der Waals surface area contributed by atoms with Crippen LogP contribution in [0.3, 0.4) is 0 Å².